The van der Waals surface area contributed by atoms with Crippen LogP contribution in [0.15, 0.2) is 59.8 Å². The first kappa shape index (κ1) is 15.0. The largest absolute Gasteiger partial charge is 0.295 e. The number of hydrogen-bond acceptors (Lipinski definition) is 3. The molecule has 0 bridgehead atoms. The van der Waals surface area contributed by atoms with Crippen LogP contribution >= 0.6 is 0 Å². The van der Waals surface area contributed by atoms with Gasteiger partial charge in [0.2, 0.25) is 0 Å². The Hall–Kier alpha value is -2.95. The molecule has 5 heteroatoms. The third-order valence-electron chi connectivity index (χ3n) is 3.65. The van der Waals surface area contributed by atoms with E-state index in [9.17, 15) is 4.79 Å². The molecule has 2 aromatic heterocycles. The summed E-state index contributed by atoms with van der Waals surface area (Å²) in [7, 11) is 0. The highest BCUT2D eigenvalue weighted by molar-refractivity contribution is 6.02. The maximum Gasteiger partial charge on any atom is 0.290 e. The molecule has 0 fully saturated rings. The van der Waals surface area contributed by atoms with E-state index in [1.165, 1.54) is 0 Å². The fourth-order valence-electron chi connectivity index (χ4n) is 2.54. The maximum atomic E-state index is 12.5. The van der Waals surface area contributed by atoms with Gasteiger partial charge in [0.05, 0.1) is 11.4 Å². The molecule has 1 amide bonds. The van der Waals surface area contributed by atoms with E-state index >= 15 is 0 Å². The summed E-state index contributed by atoms with van der Waals surface area (Å²) in [5, 5.41) is 4.29. The van der Waals surface area contributed by atoms with Crippen LogP contribution in [0.4, 0.5) is 0 Å². The average Bonchev–Trinajstić information content (AvgIpc) is 2.92. The third-order valence-corrected chi connectivity index (χ3v) is 3.65. The van der Waals surface area contributed by atoms with E-state index in [1.54, 1.807) is 4.40 Å². The van der Waals surface area contributed by atoms with Gasteiger partial charge in [-0.2, -0.15) is 5.10 Å². The lowest BCUT2D eigenvalue weighted by molar-refractivity contribution is 0.0948. The number of benzene rings is 1. The van der Waals surface area contributed by atoms with Gasteiger partial charge in [0.1, 0.15) is 11.3 Å². The van der Waals surface area contributed by atoms with Crippen LogP contribution in [-0.4, -0.2) is 21.0 Å². The molecule has 5 nitrogen and oxygen atoms in total. The van der Waals surface area contributed by atoms with Crippen molar-refractivity contribution in [3.05, 3.63) is 71.7 Å². The third kappa shape index (κ3) is 2.99. The minimum absolute atomic E-state index is 0.261. The zero-order valence-electron chi connectivity index (χ0n) is 13.2. The first-order valence-electron chi connectivity index (χ1n) is 7.56. The number of aryl methyl sites for hydroxylation is 1. The number of pyridine rings is 1. The van der Waals surface area contributed by atoms with Crippen molar-refractivity contribution in [3.63, 3.8) is 0 Å². The molecule has 0 atom stereocenters. The Balaban J connectivity index is 1.89. The fourth-order valence-corrected chi connectivity index (χ4v) is 2.54. The van der Waals surface area contributed by atoms with Crippen molar-refractivity contribution in [2.75, 3.05) is 0 Å². The van der Waals surface area contributed by atoms with Crippen LogP contribution in [0.2, 0.25) is 0 Å². The molecule has 116 valence electrons. The molecule has 2 heterocycles. The highest BCUT2D eigenvalue weighted by Gasteiger charge is 2.16. The Morgan fingerprint density at radius 2 is 1.91 bits per heavy atom. The van der Waals surface area contributed by atoms with Crippen molar-refractivity contribution in [1.82, 2.24) is 14.8 Å². The van der Waals surface area contributed by atoms with Gasteiger partial charge >= 0.3 is 0 Å². The van der Waals surface area contributed by atoms with E-state index in [0.29, 0.717) is 11.4 Å². The predicted molar refractivity (Wildman–Crippen MR) is 90.7 cm³/mol. The molecule has 0 unspecified atom stereocenters. The normalized spacial score (nSPS) is 11.7. The van der Waals surface area contributed by atoms with Crippen molar-refractivity contribution >= 4 is 17.3 Å². The topological polar surface area (TPSA) is 58.8 Å². The summed E-state index contributed by atoms with van der Waals surface area (Å²) >= 11 is 0. The molecule has 0 aliphatic carbocycles. The summed E-state index contributed by atoms with van der Waals surface area (Å²) in [4.78, 5) is 16.9. The van der Waals surface area contributed by atoms with Crippen LogP contribution in [0.1, 0.15) is 35.1 Å². The van der Waals surface area contributed by atoms with Crippen LogP contribution in [-0.2, 0) is 0 Å². The quantitative estimate of drug-likeness (QED) is 0.594. The summed E-state index contributed by atoms with van der Waals surface area (Å²) < 4.78 is 1.77. The van der Waals surface area contributed by atoms with E-state index in [2.05, 4.69) is 15.5 Å². The van der Waals surface area contributed by atoms with Crippen molar-refractivity contribution in [2.45, 2.75) is 20.3 Å². The van der Waals surface area contributed by atoms with E-state index in [0.717, 1.165) is 23.3 Å². The molecule has 0 aliphatic heterocycles. The lowest BCUT2D eigenvalue weighted by Crippen LogP contribution is -2.22. The number of imidazole rings is 1. The van der Waals surface area contributed by atoms with Crippen LogP contribution in [0.3, 0.4) is 0 Å². The Morgan fingerprint density at radius 1 is 1.17 bits per heavy atom. The van der Waals surface area contributed by atoms with Gasteiger partial charge in [-0.3, -0.25) is 9.20 Å². The summed E-state index contributed by atoms with van der Waals surface area (Å²) in [6.45, 7) is 3.83. The Kier molecular flexibility index (Phi) is 4.19. The fraction of sp³-hybridized carbons (Fsp3) is 0.167. The van der Waals surface area contributed by atoms with Gasteiger partial charge in [-0.15, -0.1) is 0 Å². The van der Waals surface area contributed by atoms with Crippen molar-refractivity contribution in [1.29, 1.82) is 0 Å². The summed E-state index contributed by atoms with van der Waals surface area (Å²) in [6.07, 6.45) is 2.56. The van der Waals surface area contributed by atoms with Gasteiger partial charge in [0.25, 0.3) is 5.91 Å². The van der Waals surface area contributed by atoms with Gasteiger partial charge in [-0.1, -0.05) is 43.3 Å². The molecule has 0 spiro atoms. The van der Waals surface area contributed by atoms with Gasteiger partial charge < -0.3 is 0 Å². The van der Waals surface area contributed by atoms with Gasteiger partial charge in [0.15, 0.2) is 0 Å². The molecular weight excluding hydrogens is 288 g/mol. The molecular formula is C18H18N4O. The zero-order chi connectivity index (χ0) is 16.2. The molecule has 0 radical (unpaired) electrons. The van der Waals surface area contributed by atoms with E-state index in [-0.39, 0.29) is 5.91 Å². The predicted octanol–water partition coefficient (Wildman–Crippen LogP) is 3.19. The second kappa shape index (κ2) is 6.44. The molecule has 0 aliphatic rings. The van der Waals surface area contributed by atoms with Gasteiger partial charge in [0, 0.05) is 6.20 Å². The van der Waals surface area contributed by atoms with Crippen molar-refractivity contribution in [3.8, 4) is 0 Å². The second-order valence-electron chi connectivity index (χ2n) is 5.19. The summed E-state index contributed by atoms with van der Waals surface area (Å²) in [6, 6.07) is 15.5. The Morgan fingerprint density at radius 3 is 2.65 bits per heavy atom. The number of nitrogens with zero attached hydrogens (tertiary/aromatic N) is 3. The minimum atomic E-state index is -0.261. The number of fused-ring (bicyclic) bond motifs is 1. The molecule has 0 saturated carbocycles. The van der Waals surface area contributed by atoms with Crippen molar-refractivity contribution in [2.24, 2.45) is 5.10 Å². The number of rotatable bonds is 4. The zero-order valence-corrected chi connectivity index (χ0v) is 13.2. The lowest BCUT2D eigenvalue weighted by Gasteiger charge is -2.05. The smallest absolute Gasteiger partial charge is 0.290 e. The standard InChI is InChI=1S/C18H18N4O/c1-3-15(14-9-5-4-6-10-14)20-21-18(23)17-13(2)19-16-11-7-8-12-22(16)17/h4-12H,3H2,1-2H3,(H,21,23)/b20-15-. The SMILES string of the molecule is CC/C(=N/NC(=O)c1c(C)nc2ccccn12)c1ccccc1. The van der Waals surface area contributed by atoms with E-state index < -0.39 is 0 Å². The maximum absolute atomic E-state index is 12.5. The first-order chi connectivity index (χ1) is 11.2. The summed E-state index contributed by atoms with van der Waals surface area (Å²) in [5.41, 5.74) is 6.44. The number of hydrogen-bond donors (Lipinski definition) is 1. The average molecular weight is 306 g/mol. The Bertz CT molecular complexity index is 865. The number of carbonyl (C=O) groups is 1. The van der Waals surface area contributed by atoms with Crippen LogP contribution in [0, 0.1) is 6.92 Å². The monoisotopic (exact) mass is 306 g/mol. The molecule has 1 N–H and O–H groups in total. The van der Waals surface area contributed by atoms with Gasteiger partial charge in [-0.25, -0.2) is 10.4 Å². The lowest BCUT2D eigenvalue weighted by atomic mass is 10.1. The van der Waals surface area contributed by atoms with Crippen LogP contribution in [0.25, 0.3) is 5.65 Å². The van der Waals surface area contributed by atoms with Crippen LogP contribution in [0.5, 0.6) is 0 Å². The number of nitrogens with one attached hydrogen (secondary N) is 1. The summed E-state index contributed by atoms with van der Waals surface area (Å²) in [5.74, 6) is -0.261. The number of carbonyl (C=O) groups excluding carboxylic acids is 1. The Labute approximate surface area is 134 Å². The van der Waals surface area contributed by atoms with E-state index in [4.69, 9.17) is 0 Å². The van der Waals surface area contributed by atoms with E-state index in [1.807, 2.05) is 68.6 Å². The number of amides is 1. The number of hydrazone groups is 1. The number of aromatic nitrogens is 2. The van der Waals surface area contributed by atoms with Crippen LogP contribution < -0.4 is 5.43 Å². The molecule has 0 saturated heterocycles. The highest BCUT2D eigenvalue weighted by Crippen LogP contribution is 2.11. The second-order valence-corrected chi connectivity index (χ2v) is 5.19. The first-order valence-corrected chi connectivity index (χ1v) is 7.56. The molecule has 3 rings (SSSR count). The van der Waals surface area contributed by atoms with Gasteiger partial charge in [-0.05, 0) is 31.0 Å². The molecule has 23 heavy (non-hydrogen) atoms. The molecule has 1 aromatic carbocycles. The molecule has 3 aromatic rings. The van der Waals surface area contributed by atoms with Crippen molar-refractivity contribution < 1.29 is 4.79 Å². The minimum Gasteiger partial charge on any atom is -0.295 e. The highest BCUT2D eigenvalue weighted by atomic mass is 16.2.